The lowest BCUT2D eigenvalue weighted by atomic mass is 9.92. The van der Waals surface area contributed by atoms with Crippen LogP contribution in [0.1, 0.15) is 31.4 Å². The minimum absolute atomic E-state index is 0.339. The van der Waals surface area contributed by atoms with Gasteiger partial charge in [0.1, 0.15) is 10.5 Å². The van der Waals surface area contributed by atoms with E-state index in [9.17, 15) is 0 Å². The van der Waals surface area contributed by atoms with Crippen LogP contribution in [0.15, 0.2) is 18.3 Å². The summed E-state index contributed by atoms with van der Waals surface area (Å²) >= 11 is 1.41. The summed E-state index contributed by atoms with van der Waals surface area (Å²) in [6.45, 7) is 1.97. The summed E-state index contributed by atoms with van der Waals surface area (Å²) in [6, 6.07) is 4.70. The number of fused-ring (bicyclic) bond motifs is 1. The number of hydrogen-bond donors (Lipinski definition) is 4. The molecule has 7 nitrogen and oxygen atoms in total. The van der Waals surface area contributed by atoms with Gasteiger partial charge in [0.05, 0.1) is 11.2 Å². The second-order valence-corrected chi connectivity index (χ2v) is 7.15. The second kappa shape index (κ2) is 6.37. The fraction of sp³-hybridized carbons (Fsp3) is 0.438. The number of nitrogens with zero attached hydrogens (tertiary/aromatic N) is 3. The molecule has 5 N–H and O–H groups in total. The second-order valence-electron chi connectivity index (χ2n) is 6.35. The Labute approximate surface area is 144 Å². The van der Waals surface area contributed by atoms with Gasteiger partial charge in [0, 0.05) is 18.3 Å². The van der Waals surface area contributed by atoms with Gasteiger partial charge < -0.3 is 21.4 Å². The molecule has 0 saturated heterocycles. The summed E-state index contributed by atoms with van der Waals surface area (Å²) < 4.78 is 4.28. The molecule has 8 heteroatoms. The molecule has 3 heterocycles. The summed E-state index contributed by atoms with van der Waals surface area (Å²) in [5, 5.41) is 7.76. The van der Waals surface area contributed by atoms with Crippen LogP contribution in [-0.4, -0.2) is 31.4 Å². The molecule has 1 aliphatic carbocycles. The molecule has 3 aromatic rings. The molecule has 0 bridgehead atoms. The Morgan fingerprint density at radius 2 is 2.08 bits per heavy atom. The SMILES string of the molecule is Cc1cc(Nc2nc(N[C@H]3CC[C@H](N)CC3)c3[nH]ccc3n2)sn1. The molecule has 0 unspecified atom stereocenters. The third kappa shape index (κ3) is 3.20. The summed E-state index contributed by atoms with van der Waals surface area (Å²) in [5.41, 5.74) is 8.82. The van der Waals surface area contributed by atoms with Gasteiger partial charge in [-0.05, 0) is 56.3 Å². The zero-order valence-corrected chi connectivity index (χ0v) is 14.4. The first kappa shape index (κ1) is 15.3. The molecule has 1 saturated carbocycles. The Morgan fingerprint density at radius 3 is 2.83 bits per heavy atom. The third-order valence-electron chi connectivity index (χ3n) is 4.38. The first-order valence-electron chi connectivity index (χ1n) is 8.25. The Morgan fingerprint density at radius 1 is 1.25 bits per heavy atom. The minimum Gasteiger partial charge on any atom is -0.365 e. The summed E-state index contributed by atoms with van der Waals surface area (Å²) in [5.74, 6) is 1.43. The maximum Gasteiger partial charge on any atom is 0.230 e. The highest BCUT2D eigenvalue weighted by Gasteiger charge is 2.20. The monoisotopic (exact) mass is 343 g/mol. The van der Waals surface area contributed by atoms with Crippen molar-refractivity contribution >= 4 is 39.3 Å². The number of H-pyrrole nitrogens is 1. The van der Waals surface area contributed by atoms with Gasteiger partial charge in [0.2, 0.25) is 5.95 Å². The molecule has 0 atom stereocenters. The molecular weight excluding hydrogens is 322 g/mol. The molecule has 1 fully saturated rings. The maximum atomic E-state index is 6.00. The van der Waals surface area contributed by atoms with Crippen molar-refractivity contribution in [1.29, 1.82) is 0 Å². The fourth-order valence-electron chi connectivity index (χ4n) is 3.09. The molecule has 0 aliphatic heterocycles. The molecular formula is C16H21N7S. The van der Waals surface area contributed by atoms with Crippen molar-refractivity contribution in [3.8, 4) is 0 Å². The van der Waals surface area contributed by atoms with E-state index >= 15 is 0 Å². The van der Waals surface area contributed by atoms with Gasteiger partial charge in [-0.2, -0.15) is 9.36 Å². The van der Waals surface area contributed by atoms with E-state index in [2.05, 4.69) is 30.0 Å². The van der Waals surface area contributed by atoms with E-state index in [1.807, 2.05) is 25.3 Å². The molecule has 3 aromatic heterocycles. The van der Waals surface area contributed by atoms with Crippen LogP contribution in [-0.2, 0) is 0 Å². The summed E-state index contributed by atoms with van der Waals surface area (Å²) in [6.07, 6.45) is 6.15. The fourth-order valence-corrected chi connectivity index (χ4v) is 3.75. The van der Waals surface area contributed by atoms with E-state index in [0.717, 1.165) is 53.2 Å². The Bertz CT molecular complexity index is 832. The number of hydrogen-bond acceptors (Lipinski definition) is 7. The van der Waals surface area contributed by atoms with Gasteiger partial charge in [0.25, 0.3) is 0 Å². The van der Waals surface area contributed by atoms with Gasteiger partial charge in [-0.1, -0.05) is 0 Å². The van der Waals surface area contributed by atoms with Crippen molar-refractivity contribution in [1.82, 2.24) is 19.3 Å². The van der Waals surface area contributed by atoms with Crippen LogP contribution in [0, 0.1) is 6.92 Å². The molecule has 0 amide bonds. The number of nitrogens with two attached hydrogens (primary N) is 1. The largest absolute Gasteiger partial charge is 0.365 e. The van der Waals surface area contributed by atoms with Gasteiger partial charge in [0.15, 0.2) is 5.82 Å². The summed E-state index contributed by atoms with van der Waals surface area (Å²) in [7, 11) is 0. The topological polar surface area (TPSA) is 105 Å². The highest BCUT2D eigenvalue weighted by atomic mass is 32.1. The van der Waals surface area contributed by atoms with Crippen molar-refractivity contribution in [3.63, 3.8) is 0 Å². The zero-order valence-electron chi connectivity index (χ0n) is 13.5. The normalized spacial score (nSPS) is 21.1. The van der Waals surface area contributed by atoms with Gasteiger partial charge in [-0.3, -0.25) is 0 Å². The van der Waals surface area contributed by atoms with Gasteiger partial charge in [-0.25, -0.2) is 4.98 Å². The first-order chi connectivity index (χ1) is 11.7. The van der Waals surface area contributed by atoms with Crippen molar-refractivity contribution in [3.05, 3.63) is 24.0 Å². The number of nitrogens with one attached hydrogen (secondary N) is 3. The van der Waals surface area contributed by atoms with Crippen LogP contribution < -0.4 is 16.4 Å². The average Bonchev–Trinajstić information content (AvgIpc) is 3.19. The highest BCUT2D eigenvalue weighted by molar-refractivity contribution is 7.10. The van der Waals surface area contributed by atoms with Crippen molar-refractivity contribution in [2.75, 3.05) is 10.6 Å². The number of anilines is 3. The van der Waals surface area contributed by atoms with Crippen molar-refractivity contribution in [2.45, 2.75) is 44.7 Å². The van der Waals surface area contributed by atoms with Crippen LogP contribution in [0.4, 0.5) is 16.8 Å². The van der Waals surface area contributed by atoms with E-state index in [-0.39, 0.29) is 0 Å². The van der Waals surface area contributed by atoms with E-state index in [4.69, 9.17) is 5.73 Å². The standard InChI is InChI=1S/C16H21N7S/c1-9-8-13(24-23-9)21-16-20-12-6-7-18-14(12)15(22-16)19-11-4-2-10(17)3-5-11/h6-8,10-11,18H,2-5,17H2,1H3,(H2,19,20,21,22)/t10-,11-. The zero-order chi connectivity index (χ0) is 16.5. The van der Waals surface area contributed by atoms with Crippen molar-refractivity contribution in [2.24, 2.45) is 5.73 Å². The molecule has 126 valence electrons. The molecule has 1 aliphatic rings. The van der Waals surface area contributed by atoms with Crippen LogP contribution in [0.2, 0.25) is 0 Å². The quantitative estimate of drug-likeness (QED) is 0.580. The third-order valence-corrected chi connectivity index (χ3v) is 5.18. The number of aryl methyl sites for hydroxylation is 1. The highest BCUT2D eigenvalue weighted by Crippen LogP contribution is 2.27. The molecule has 0 radical (unpaired) electrons. The lowest BCUT2D eigenvalue weighted by Gasteiger charge is -2.27. The predicted molar refractivity (Wildman–Crippen MR) is 97.9 cm³/mol. The van der Waals surface area contributed by atoms with Crippen LogP contribution in [0.25, 0.3) is 11.0 Å². The van der Waals surface area contributed by atoms with Crippen LogP contribution >= 0.6 is 11.5 Å². The number of aromatic amines is 1. The molecule has 4 rings (SSSR count). The van der Waals surface area contributed by atoms with Gasteiger partial charge in [-0.15, -0.1) is 0 Å². The number of aromatic nitrogens is 4. The van der Waals surface area contributed by atoms with Gasteiger partial charge >= 0.3 is 0 Å². The Kier molecular flexibility index (Phi) is 4.07. The van der Waals surface area contributed by atoms with E-state index in [0.29, 0.717) is 18.0 Å². The van der Waals surface area contributed by atoms with E-state index < -0.39 is 0 Å². The Balaban J connectivity index is 1.60. The first-order valence-corrected chi connectivity index (χ1v) is 9.02. The van der Waals surface area contributed by atoms with Crippen LogP contribution in [0.3, 0.4) is 0 Å². The van der Waals surface area contributed by atoms with E-state index in [1.54, 1.807) is 0 Å². The smallest absolute Gasteiger partial charge is 0.230 e. The Hall–Kier alpha value is -2.19. The van der Waals surface area contributed by atoms with E-state index in [1.165, 1.54) is 11.5 Å². The minimum atomic E-state index is 0.339. The van der Waals surface area contributed by atoms with Crippen LogP contribution in [0.5, 0.6) is 0 Å². The molecule has 0 spiro atoms. The lowest BCUT2D eigenvalue weighted by molar-refractivity contribution is 0.410. The average molecular weight is 343 g/mol. The summed E-state index contributed by atoms with van der Waals surface area (Å²) in [4.78, 5) is 12.5. The van der Waals surface area contributed by atoms with Crippen molar-refractivity contribution < 1.29 is 0 Å². The predicted octanol–water partition coefficient (Wildman–Crippen LogP) is 3.15. The maximum absolute atomic E-state index is 6.00. The molecule has 0 aromatic carbocycles. The molecule has 24 heavy (non-hydrogen) atoms. The lowest BCUT2D eigenvalue weighted by Crippen LogP contribution is -2.33. The number of rotatable bonds is 4.